The van der Waals surface area contributed by atoms with E-state index in [9.17, 15) is 4.79 Å². The molecule has 13 heavy (non-hydrogen) atoms. The van der Waals surface area contributed by atoms with Crippen molar-refractivity contribution in [3.05, 3.63) is 12.7 Å². The highest BCUT2D eigenvalue weighted by Gasteiger charge is 2.19. The summed E-state index contributed by atoms with van der Waals surface area (Å²) in [7, 11) is 0. The third-order valence-corrected chi connectivity index (χ3v) is 3.03. The fraction of sp³-hybridized carbons (Fsp3) is 0.667. The van der Waals surface area contributed by atoms with Crippen molar-refractivity contribution >= 4 is 17.7 Å². The minimum atomic E-state index is -0.417. The molecule has 1 fully saturated rings. The van der Waals surface area contributed by atoms with Gasteiger partial charge >= 0.3 is 5.97 Å². The molecule has 1 heterocycles. The second-order valence-electron chi connectivity index (χ2n) is 2.87. The van der Waals surface area contributed by atoms with Crippen LogP contribution in [0.1, 0.15) is 13.3 Å². The smallest absolute Gasteiger partial charge is 0.332 e. The van der Waals surface area contributed by atoms with Crippen LogP contribution in [0.3, 0.4) is 0 Å². The lowest BCUT2D eigenvalue weighted by molar-refractivity contribution is -0.167. The van der Waals surface area contributed by atoms with E-state index in [1.54, 1.807) is 11.8 Å². The summed E-state index contributed by atoms with van der Waals surface area (Å²) in [5, 5.41) is 0.576. The van der Waals surface area contributed by atoms with Gasteiger partial charge in [-0.1, -0.05) is 13.5 Å². The van der Waals surface area contributed by atoms with Gasteiger partial charge < -0.3 is 9.47 Å². The predicted molar refractivity (Wildman–Crippen MR) is 52.6 cm³/mol. The summed E-state index contributed by atoms with van der Waals surface area (Å²) >= 11 is 1.76. The van der Waals surface area contributed by atoms with Crippen molar-refractivity contribution in [1.82, 2.24) is 0 Å². The number of carbonyl (C=O) groups is 1. The Morgan fingerprint density at radius 2 is 2.54 bits per heavy atom. The van der Waals surface area contributed by atoms with E-state index in [4.69, 9.17) is 9.47 Å². The van der Waals surface area contributed by atoms with E-state index in [-0.39, 0.29) is 0 Å². The number of ether oxygens (including phenoxy) is 2. The van der Waals surface area contributed by atoms with Crippen molar-refractivity contribution in [3.63, 3.8) is 0 Å². The van der Waals surface area contributed by atoms with Gasteiger partial charge in [-0.3, -0.25) is 0 Å². The van der Waals surface area contributed by atoms with Crippen LogP contribution in [0.25, 0.3) is 0 Å². The number of thioether (sulfide) groups is 1. The molecule has 0 amide bonds. The lowest BCUT2D eigenvalue weighted by Crippen LogP contribution is -2.21. The van der Waals surface area contributed by atoms with Crippen molar-refractivity contribution < 1.29 is 14.3 Å². The number of esters is 1. The van der Waals surface area contributed by atoms with Crippen molar-refractivity contribution in [2.24, 2.45) is 0 Å². The van der Waals surface area contributed by atoms with Crippen LogP contribution >= 0.6 is 11.8 Å². The topological polar surface area (TPSA) is 35.5 Å². The summed E-state index contributed by atoms with van der Waals surface area (Å²) in [6.45, 7) is 6.13. The molecule has 0 radical (unpaired) electrons. The van der Waals surface area contributed by atoms with Crippen LogP contribution in [0.15, 0.2) is 12.7 Å². The maximum atomic E-state index is 10.8. The molecule has 0 bridgehead atoms. The van der Waals surface area contributed by atoms with Gasteiger partial charge in [0.25, 0.3) is 0 Å². The van der Waals surface area contributed by atoms with Gasteiger partial charge in [0.05, 0.1) is 12.4 Å². The lowest BCUT2D eigenvalue weighted by atomic mass is 10.3. The Hall–Kier alpha value is -0.480. The summed E-state index contributed by atoms with van der Waals surface area (Å²) in [6, 6.07) is 0. The molecule has 1 aliphatic heterocycles. The molecule has 1 aliphatic rings. The highest BCUT2D eigenvalue weighted by molar-refractivity contribution is 7.99. The quantitative estimate of drug-likeness (QED) is 0.503. The molecule has 0 aromatic rings. The lowest BCUT2D eigenvalue weighted by Gasteiger charge is -2.13. The molecule has 0 aromatic carbocycles. The second kappa shape index (κ2) is 5.29. The SMILES string of the molecule is C=CC(=O)OC1CSC(C)CCO1. The van der Waals surface area contributed by atoms with Gasteiger partial charge in [0.15, 0.2) is 0 Å². The Bertz CT molecular complexity index is 193. The van der Waals surface area contributed by atoms with Gasteiger partial charge in [-0.15, -0.1) is 0 Å². The third kappa shape index (κ3) is 3.83. The maximum absolute atomic E-state index is 10.8. The summed E-state index contributed by atoms with van der Waals surface area (Å²) in [6.07, 6.45) is 1.76. The van der Waals surface area contributed by atoms with Crippen molar-refractivity contribution in [2.45, 2.75) is 24.9 Å². The predicted octanol–water partition coefficient (Wildman–Crippen LogP) is 1.58. The summed E-state index contributed by atoms with van der Waals surface area (Å²) in [4.78, 5) is 10.8. The highest BCUT2D eigenvalue weighted by atomic mass is 32.2. The Labute approximate surface area is 82.5 Å². The largest absolute Gasteiger partial charge is 0.432 e. The van der Waals surface area contributed by atoms with Crippen molar-refractivity contribution in [1.29, 1.82) is 0 Å². The Morgan fingerprint density at radius 3 is 3.23 bits per heavy atom. The normalized spacial score (nSPS) is 29.0. The van der Waals surface area contributed by atoms with E-state index in [0.29, 0.717) is 17.6 Å². The van der Waals surface area contributed by atoms with Gasteiger partial charge in [-0.25, -0.2) is 4.79 Å². The van der Waals surface area contributed by atoms with E-state index in [2.05, 4.69) is 13.5 Å². The minimum Gasteiger partial charge on any atom is -0.432 e. The first-order valence-corrected chi connectivity index (χ1v) is 5.33. The maximum Gasteiger partial charge on any atom is 0.332 e. The molecule has 4 heteroatoms. The van der Waals surface area contributed by atoms with E-state index in [1.807, 2.05) is 0 Å². The Kier molecular flexibility index (Phi) is 4.32. The minimum absolute atomic E-state index is 0.402. The van der Waals surface area contributed by atoms with Gasteiger partial charge in [-0.05, 0) is 6.42 Å². The van der Waals surface area contributed by atoms with E-state index in [1.165, 1.54) is 0 Å². The standard InChI is InChI=1S/C9H14O3S/c1-3-8(10)12-9-6-13-7(2)4-5-11-9/h3,7,9H,1,4-6H2,2H3. The molecule has 0 saturated carbocycles. The fourth-order valence-electron chi connectivity index (χ4n) is 0.985. The van der Waals surface area contributed by atoms with Crippen molar-refractivity contribution in [2.75, 3.05) is 12.4 Å². The highest BCUT2D eigenvalue weighted by Crippen LogP contribution is 2.21. The zero-order valence-electron chi connectivity index (χ0n) is 7.69. The second-order valence-corrected chi connectivity index (χ2v) is 4.35. The Balaban J connectivity index is 2.33. The molecule has 0 spiro atoms. The zero-order valence-corrected chi connectivity index (χ0v) is 8.51. The number of hydrogen-bond donors (Lipinski definition) is 0. The van der Waals surface area contributed by atoms with Crippen LogP contribution in [0, 0.1) is 0 Å². The number of rotatable bonds is 2. The molecule has 0 aromatic heterocycles. The van der Waals surface area contributed by atoms with Crippen LogP contribution in [0.4, 0.5) is 0 Å². The summed E-state index contributed by atoms with van der Waals surface area (Å²) in [5.74, 6) is 0.293. The van der Waals surface area contributed by atoms with Crippen LogP contribution in [0.2, 0.25) is 0 Å². The monoisotopic (exact) mass is 202 g/mol. The molecule has 1 saturated heterocycles. The molecule has 3 nitrogen and oxygen atoms in total. The zero-order chi connectivity index (χ0) is 9.68. The van der Waals surface area contributed by atoms with Gasteiger partial charge in [0, 0.05) is 11.3 Å². The van der Waals surface area contributed by atoms with E-state index in [0.717, 1.165) is 12.5 Å². The van der Waals surface area contributed by atoms with Crippen LogP contribution in [-0.2, 0) is 14.3 Å². The summed E-state index contributed by atoms with van der Waals surface area (Å²) in [5.41, 5.74) is 0. The van der Waals surface area contributed by atoms with Crippen LogP contribution in [-0.4, -0.2) is 29.9 Å². The van der Waals surface area contributed by atoms with E-state index >= 15 is 0 Å². The third-order valence-electron chi connectivity index (χ3n) is 1.76. The first-order chi connectivity index (χ1) is 6.22. The fourth-order valence-corrected chi connectivity index (χ4v) is 1.90. The molecule has 2 atom stereocenters. The van der Waals surface area contributed by atoms with Gasteiger partial charge in [0.2, 0.25) is 6.29 Å². The van der Waals surface area contributed by atoms with Crippen LogP contribution < -0.4 is 0 Å². The molecule has 2 unspecified atom stereocenters. The molecular formula is C9H14O3S. The number of hydrogen-bond acceptors (Lipinski definition) is 4. The van der Waals surface area contributed by atoms with E-state index < -0.39 is 12.3 Å². The first-order valence-electron chi connectivity index (χ1n) is 4.28. The average Bonchev–Trinajstić information content (AvgIpc) is 2.31. The Morgan fingerprint density at radius 1 is 1.77 bits per heavy atom. The molecule has 74 valence electrons. The molecule has 0 aliphatic carbocycles. The molecule has 1 rings (SSSR count). The average molecular weight is 202 g/mol. The van der Waals surface area contributed by atoms with Gasteiger partial charge in [-0.2, -0.15) is 11.8 Å². The van der Waals surface area contributed by atoms with Gasteiger partial charge in [0.1, 0.15) is 0 Å². The van der Waals surface area contributed by atoms with Crippen molar-refractivity contribution in [3.8, 4) is 0 Å². The van der Waals surface area contributed by atoms with Crippen LogP contribution in [0.5, 0.6) is 0 Å². The molecular weight excluding hydrogens is 188 g/mol. The molecule has 0 N–H and O–H groups in total. The summed E-state index contributed by atoms with van der Waals surface area (Å²) < 4.78 is 10.3. The first kappa shape index (κ1) is 10.6. The number of carbonyl (C=O) groups excluding carboxylic acids is 1.